The molecule has 2 aromatic carbocycles. The Bertz CT molecular complexity index is 673. The van der Waals surface area contributed by atoms with Gasteiger partial charge in [0.05, 0.1) is 19.8 Å². The maximum atomic E-state index is 12.2. The summed E-state index contributed by atoms with van der Waals surface area (Å²) in [5.41, 5.74) is 0.719. The van der Waals surface area contributed by atoms with Crippen LogP contribution in [-0.4, -0.2) is 25.2 Å². The molecule has 0 bridgehead atoms. The molecule has 0 aliphatic rings. The number of aromatic hydroxyl groups is 1. The molecule has 0 heterocycles. The van der Waals surface area contributed by atoms with Gasteiger partial charge >= 0.3 is 0 Å². The summed E-state index contributed by atoms with van der Waals surface area (Å²) in [6.07, 6.45) is 0. The van der Waals surface area contributed by atoms with E-state index in [9.17, 15) is 9.90 Å². The third-order valence-corrected chi connectivity index (χ3v) is 3.27. The van der Waals surface area contributed by atoms with Gasteiger partial charge in [0, 0.05) is 22.3 Å². The van der Waals surface area contributed by atoms with Crippen LogP contribution >= 0.6 is 15.9 Å². The summed E-state index contributed by atoms with van der Waals surface area (Å²) < 4.78 is 10.9. The molecule has 1 amide bonds. The van der Waals surface area contributed by atoms with Crippen LogP contribution in [0.4, 0.5) is 5.69 Å². The van der Waals surface area contributed by atoms with E-state index in [1.165, 1.54) is 19.2 Å². The second-order valence-corrected chi connectivity index (χ2v) is 5.13. The van der Waals surface area contributed by atoms with Crippen molar-refractivity contribution >= 4 is 27.5 Å². The zero-order valence-corrected chi connectivity index (χ0v) is 13.1. The van der Waals surface area contributed by atoms with Crippen LogP contribution in [0.3, 0.4) is 0 Å². The molecule has 0 aliphatic heterocycles. The molecule has 2 N–H and O–H groups in total. The van der Waals surface area contributed by atoms with E-state index in [1.807, 2.05) is 0 Å². The van der Waals surface area contributed by atoms with E-state index in [0.717, 1.165) is 4.47 Å². The maximum absolute atomic E-state index is 12.2. The number of nitrogens with one attached hydrogen (secondary N) is 1. The average molecular weight is 352 g/mol. The lowest BCUT2D eigenvalue weighted by Gasteiger charge is -2.10. The predicted molar refractivity (Wildman–Crippen MR) is 83.3 cm³/mol. The summed E-state index contributed by atoms with van der Waals surface area (Å²) in [5.74, 6) is 0.524. The molecule has 0 fully saturated rings. The van der Waals surface area contributed by atoms with Crippen molar-refractivity contribution in [3.8, 4) is 17.2 Å². The zero-order chi connectivity index (χ0) is 15.4. The molecule has 6 heteroatoms. The molecule has 0 aromatic heterocycles. The molecule has 0 aliphatic carbocycles. The van der Waals surface area contributed by atoms with Crippen molar-refractivity contribution in [1.29, 1.82) is 0 Å². The van der Waals surface area contributed by atoms with Crippen molar-refractivity contribution in [2.45, 2.75) is 0 Å². The number of ether oxygens (including phenoxy) is 2. The average Bonchev–Trinajstić information content (AvgIpc) is 2.46. The lowest BCUT2D eigenvalue weighted by molar-refractivity contribution is 0.102. The number of anilines is 1. The Morgan fingerprint density at radius 2 is 1.81 bits per heavy atom. The van der Waals surface area contributed by atoms with Gasteiger partial charge in [-0.2, -0.15) is 0 Å². The van der Waals surface area contributed by atoms with E-state index in [0.29, 0.717) is 17.2 Å². The van der Waals surface area contributed by atoms with Crippen molar-refractivity contribution < 1.29 is 19.4 Å². The normalized spacial score (nSPS) is 10.0. The van der Waals surface area contributed by atoms with Gasteiger partial charge in [0.25, 0.3) is 5.91 Å². The topological polar surface area (TPSA) is 67.8 Å². The quantitative estimate of drug-likeness (QED) is 0.885. The van der Waals surface area contributed by atoms with Crippen LogP contribution in [0.1, 0.15) is 10.4 Å². The fourth-order valence-electron chi connectivity index (χ4n) is 1.78. The number of carbonyl (C=O) groups is 1. The van der Waals surface area contributed by atoms with Crippen LogP contribution in [0, 0.1) is 0 Å². The SMILES string of the molecule is COc1cc(Br)cc(NC(=O)c2ccc(OC)cc2O)c1. The summed E-state index contributed by atoms with van der Waals surface area (Å²) in [7, 11) is 3.03. The van der Waals surface area contributed by atoms with Crippen molar-refractivity contribution in [3.63, 3.8) is 0 Å². The molecule has 21 heavy (non-hydrogen) atoms. The monoisotopic (exact) mass is 351 g/mol. The molecule has 110 valence electrons. The lowest BCUT2D eigenvalue weighted by atomic mass is 10.1. The maximum Gasteiger partial charge on any atom is 0.259 e. The van der Waals surface area contributed by atoms with Gasteiger partial charge < -0.3 is 19.9 Å². The number of benzene rings is 2. The number of hydrogen-bond acceptors (Lipinski definition) is 4. The van der Waals surface area contributed by atoms with Gasteiger partial charge in [0.2, 0.25) is 0 Å². The zero-order valence-electron chi connectivity index (χ0n) is 11.5. The van der Waals surface area contributed by atoms with Crippen molar-refractivity contribution in [1.82, 2.24) is 0 Å². The largest absolute Gasteiger partial charge is 0.507 e. The number of carbonyl (C=O) groups excluding carboxylic acids is 1. The van der Waals surface area contributed by atoms with E-state index in [4.69, 9.17) is 9.47 Å². The van der Waals surface area contributed by atoms with Crippen LogP contribution in [0.5, 0.6) is 17.2 Å². The Kier molecular flexibility index (Phi) is 4.70. The summed E-state index contributed by atoms with van der Waals surface area (Å²) >= 11 is 3.34. The summed E-state index contributed by atoms with van der Waals surface area (Å²) in [6, 6.07) is 9.69. The van der Waals surface area contributed by atoms with E-state index in [1.54, 1.807) is 31.4 Å². The number of methoxy groups -OCH3 is 2. The molecule has 0 spiro atoms. The van der Waals surface area contributed by atoms with Crippen LogP contribution in [0.2, 0.25) is 0 Å². The number of hydrogen-bond donors (Lipinski definition) is 2. The summed E-state index contributed by atoms with van der Waals surface area (Å²) in [6.45, 7) is 0. The number of rotatable bonds is 4. The number of phenols is 1. The van der Waals surface area contributed by atoms with E-state index in [2.05, 4.69) is 21.2 Å². The first-order chi connectivity index (χ1) is 10.0. The minimum Gasteiger partial charge on any atom is -0.507 e. The van der Waals surface area contributed by atoms with Gasteiger partial charge in [-0.3, -0.25) is 4.79 Å². The van der Waals surface area contributed by atoms with Crippen molar-refractivity contribution in [3.05, 3.63) is 46.4 Å². The molecule has 2 aromatic rings. The third-order valence-electron chi connectivity index (χ3n) is 2.81. The van der Waals surface area contributed by atoms with E-state index >= 15 is 0 Å². The fraction of sp³-hybridized carbons (Fsp3) is 0.133. The molecular formula is C15H14BrNO4. The van der Waals surface area contributed by atoms with Gasteiger partial charge in [-0.05, 0) is 24.3 Å². The first-order valence-corrected chi connectivity index (χ1v) is 6.85. The molecule has 0 atom stereocenters. The Hall–Kier alpha value is -2.21. The number of phenolic OH excluding ortho intramolecular Hbond substituents is 1. The van der Waals surface area contributed by atoms with Gasteiger partial charge in [0.1, 0.15) is 17.2 Å². The number of halogens is 1. The third kappa shape index (κ3) is 3.66. The first kappa shape index (κ1) is 15.2. The Labute approximate surface area is 130 Å². The lowest BCUT2D eigenvalue weighted by Crippen LogP contribution is -2.12. The van der Waals surface area contributed by atoms with E-state index in [-0.39, 0.29) is 11.3 Å². The predicted octanol–water partition coefficient (Wildman–Crippen LogP) is 3.42. The molecule has 0 radical (unpaired) electrons. The minimum atomic E-state index is -0.421. The second kappa shape index (κ2) is 6.49. The van der Waals surface area contributed by atoms with Crippen molar-refractivity contribution in [2.24, 2.45) is 0 Å². The highest BCUT2D eigenvalue weighted by atomic mass is 79.9. The smallest absolute Gasteiger partial charge is 0.259 e. The molecule has 5 nitrogen and oxygen atoms in total. The summed E-state index contributed by atoms with van der Waals surface area (Å²) in [5, 5.41) is 12.6. The fourth-order valence-corrected chi connectivity index (χ4v) is 2.25. The molecule has 0 saturated carbocycles. The summed E-state index contributed by atoms with van der Waals surface area (Å²) in [4.78, 5) is 12.2. The van der Waals surface area contributed by atoms with Crippen LogP contribution in [0.25, 0.3) is 0 Å². The highest BCUT2D eigenvalue weighted by Gasteiger charge is 2.13. The molecular weight excluding hydrogens is 338 g/mol. The van der Waals surface area contributed by atoms with E-state index < -0.39 is 5.91 Å². The van der Waals surface area contributed by atoms with Gasteiger partial charge in [-0.15, -0.1) is 0 Å². The minimum absolute atomic E-state index is 0.145. The Morgan fingerprint density at radius 1 is 1.10 bits per heavy atom. The molecule has 0 saturated heterocycles. The molecule has 0 unspecified atom stereocenters. The van der Waals surface area contributed by atoms with Gasteiger partial charge in [0.15, 0.2) is 0 Å². The first-order valence-electron chi connectivity index (χ1n) is 6.06. The second-order valence-electron chi connectivity index (χ2n) is 4.22. The van der Waals surface area contributed by atoms with Gasteiger partial charge in [-0.1, -0.05) is 15.9 Å². The van der Waals surface area contributed by atoms with Gasteiger partial charge in [-0.25, -0.2) is 0 Å². The standard InChI is InChI=1S/C15H14BrNO4/c1-20-11-3-4-13(14(18)8-11)15(19)17-10-5-9(16)6-12(7-10)21-2/h3-8,18H,1-2H3,(H,17,19). The Morgan fingerprint density at radius 3 is 2.43 bits per heavy atom. The van der Waals surface area contributed by atoms with Crippen LogP contribution in [0.15, 0.2) is 40.9 Å². The highest BCUT2D eigenvalue weighted by molar-refractivity contribution is 9.10. The Balaban J connectivity index is 2.23. The van der Waals surface area contributed by atoms with Crippen LogP contribution < -0.4 is 14.8 Å². The van der Waals surface area contributed by atoms with Crippen molar-refractivity contribution in [2.75, 3.05) is 19.5 Å². The highest BCUT2D eigenvalue weighted by Crippen LogP contribution is 2.27. The number of amides is 1. The molecule has 2 rings (SSSR count). The van der Waals surface area contributed by atoms with Crippen LogP contribution in [-0.2, 0) is 0 Å².